The number of hydrogen-bond acceptors (Lipinski definition) is 5. The first kappa shape index (κ1) is 18.6. The van der Waals surface area contributed by atoms with Gasteiger partial charge >= 0.3 is 5.97 Å². The van der Waals surface area contributed by atoms with Crippen LogP contribution in [-0.4, -0.2) is 52.7 Å². The van der Waals surface area contributed by atoms with Gasteiger partial charge in [-0.1, -0.05) is 30.3 Å². The molecule has 8 heteroatoms. The lowest BCUT2D eigenvalue weighted by molar-refractivity contribution is -0.144. The first-order valence-corrected chi connectivity index (χ1v) is 7.08. The largest absolute Gasteiger partial charge is 0.480 e. The summed E-state index contributed by atoms with van der Waals surface area (Å²) in [6, 6.07) is 6.92. The number of carbonyl (C=O) groups is 3. The van der Waals surface area contributed by atoms with Gasteiger partial charge in [0.15, 0.2) is 6.04 Å². The molecule has 6 N–H and O–H groups in total. The first-order chi connectivity index (χ1) is 10.8. The van der Waals surface area contributed by atoms with Gasteiger partial charge in [-0.3, -0.25) is 9.59 Å². The van der Waals surface area contributed by atoms with Crippen LogP contribution in [0, 0.1) is 0 Å². The molecule has 0 radical (unpaired) electrons. The molecule has 0 saturated heterocycles. The number of aliphatic carboxylic acids is 1. The van der Waals surface area contributed by atoms with Crippen molar-refractivity contribution in [2.45, 2.75) is 31.5 Å². The molecule has 0 aromatic heterocycles. The van der Waals surface area contributed by atoms with E-state index in [9.17, 15) is 19.5 Å². The number of amides is 2. The van der Waals surface area contributed by atoms with Crippen molar-refractivity contribution >= 4 is 17.8 Å². The second kappa shape index (κ2) is 8.86. The van der Waals surface area contributed by atoms with Crippen LogP contribution in [0.2, 0.25) is 0 Å². The Balaban J connectivity index is 2.42. The topological polar surface area (TPSA) is 142 Å². The summed E-state index contributed by atoms with van der Waals surface area (Å²) in [5.74, 6) is -2.60. The summed E-state index contributed by atoms with van der Waals surface area (Å²) in [7, 11) is 0. The Hall–Kier alpha value is -2.45. The molecule has 0 fully saturated rings. The van der Waals surface area contributed by atoms with Gasteiger partial charge in [-0.15, -0.1) is 0 Å². The SMILES string of the molecule is C[C@@H](O)[C@H](NC(=O)CNC(=O)[C@@H](N)Cc1ccccc1)C(=O)O. The van der Waals surface area contributed by atoms with Crippen LogP contribution in [0.1, 0.15) is 12.5 Å². The zero-order valence-corrected chi connectivity index (χ0v) is 12.7. The van der Waals surface area contributed by atoms with Gasteiger partial charge in [0, 0.05) is 0 Å². The molecule has 1 rings (SSSR count). The smallest absolute Gasteiger partial charge is 0.328 e. The van der Waals surface area contributed by atoms with Crippen molar-refractivity contribution in [3.05, 3.63) is 35.9 Å². The van der Waals surface area contributed by atoms with E-state index in [-0.39, 0.29) is 0 Å². The molecule has 3 atom stereocenters. The van der Waals surface area contributed by atoms with Gasteiger partial charge in [-0.2, -0.15) is 0 Å². The Morgan fingerprint density at radius 3 is 2.35 bits per heavy atom. The third-order valence-electron chi connectivity index (χ3n) is 3.12. The lowest BCUT2D eigenvalue weighted by atomic mass is 10.1. The van der Waals surface area contributed by atoms with E-state index in [4.69, 9.17) is 10.8 Å². The molecule has 2 amide bonds. The van der Waals surface area contributed by atoms with E-state index in [0.29, 0.717) is 6.42 Å². The molecule has 0 unspecified atom stereocenters. The minimum absolute atomic E-state index is 0.319. The van der Waals surface area contributed by atoms with E-state index in [1.54, 1.807) is 0 Å². The highest BCUT2D eigenvalue weighted by molar-refractivity contribution is 5.89. The third kappa shape index (κ3) is 6.45. The minimum atomic E-state index is -1.43. The van der Waals surface area contributed by atoms with Crippen molar-refractivity contribution < 1.29 is 24.6 Å². The summed E-state index contributed by atoms with van der Waals surface area (Å²) < 4.78 is 0. The lowest BCUT2D eigenvalue weighted by Gasteiger charge is -2.17. The van der Waals surface area contributed by atoms with Crippen molar-refractivity contribution in [1.82, 2.24) is 10.6 Å². The van der Waals surface area contributed by atoms with Gasteiger partial charge < -0.3 is 26.6 Å². The van der Waals surface area contributed by atoms with Crippen LogP contribution in [0.5, 0.6) is 0 Å². The number of hydrogen-bond donors (Lipinski definition) is 5. The van der Waals surface area contributed by atoms with E-state index >= 15 is 0 Å². The van der Waals surface area contributed by atoms with Gasteiger partial charge in [-0.25, -0.2) is 4.79 Å². The zero-order chi connectivity index (χ0) is 17.4. The summed E-state index contributed by atoms with van der Waals surface area (Å²) in [5.41, 5.74) is 6.64. The molecule has 0 spiro atoms. The Bertz CT molecular complexity index is 547. The van der Waals surface area contributed by atoms with Gasteiger partial charge in [0.2, 0.25) is 11.8 Å². The van der Waals surface area contributed by atoms with Gasteiger partial charge in [0.25, 0.3) is 0 Å². The fraction of sp³-hybridized carbons (Fsp3) is 0.400. The highest BCUT2D eigenvalue weighted by Gasteiger charge is 2.25. The third-order valence-corrected chi connectivity index (χ3v) is 3.12. The number of aliphatic hydroxyl groups is 1. The van der Waals surface area contributed by atoms with Crippen molar-refractivity contribution in [3.63, 3.8) is 0 Å². The van der Waals surface area contributed by atoms with Crippen LogP contribution < -0.4 is 16.4 Å². The molecule has 1 aromatic carbocycles. The maximum Gasteiger partial charge on any atom is 0.328 e. The van der Waals surface area contributed by atoms with Crippen molar-refractivity contribution in [1.29, 1.82) is 0 Å². The minimum Gasteiger partial charge on any atom is -0.480 e. The standard InChI is InChI=1S/C15H21N3O5/c1-9(19)13(15(22)23)18-12(20)8-17-14(21)11(16)7-10-5-3-2-4-6-10/h2-6,9,11,13,19H,7-8,16H2,1H3,(H,17,21)(H,18,20)(H,22,23)/t9-,11+,13+/m1/s1. The van der Waals surface area contributed by atoms with E-state index < -0.39 is 42.5 Å². The molecule has 0 saturated carbocycles. The van der Waals surface area contributed by atoms with Gasteiger partial charge in [0.1, 0.15) is 0 Å². The number of aliphatic hydroxyl groups excluding tert-OH is 1. The summed E-state index contributed by atoms with van der Waals surface area (Å²) in [6.07, 6.45) is -0.938. The number of nitrogens with two attached hydrogens (primary N) is 1. The van der Waals surface area contributed by atoms with Crippen molar-refractivity contribution in [2.24, 2.45) is 5.73 Å². The number of carbonyl (C=O) groups excluding carboxylic acids is 2. The average molecular weight is 323 g/mol. The predicted octanol–water partition coefficient (Wildman–Crippen LogP) is -1.38. The molecule has 0 aliphatic carbocycles. The van der Waals surface area contributed by atoms with Crippen LogP contribution in [0.25, 0.3) is 0 Å². The normalized spacial score (nSPS) is 14.4. The fourth-order valence-corrected chi connectivity index (χ4v) is 1.87. The maximum atomic E-state index is 11.8. The molecule has 0 aliphatic rings. The van der Waals surface area contributed by atoms with E-state index in [1.165, 1.54) is 6.92 Å². The number of carboxylic acid groups (broad SMARTS) is 1. The number of nitrogens with one attached hydrogen (secondary N) is 2. The van der Waals surface area contributed by atoms with Gasteiger partial charge in [0.05, 0.1) is 18.7 Å². The summed E-state index contributed by atoms with van der Waals surface area (Å²) in [4.78, 5) is 34.3. The molecule has 0 aliphatic heterocycles. The van der Waals surface area contributed by atoms with E-state index in [1.807, 2.05) is 30.3 Å². The van der Waals surface area contributed by atoms with Crippen LogP contribution >= 0.6 is 0 Å². The molecular weight excluding hydrogens is 302 g/mol. The van der Waals surface area contributed by atoms with Crippen molar-refractivity contribution in [2.75, 3.05) is 6.54 Å². The molecule has 8 nitrogen and oxygen atoms in total. The molecule has 0 bridgehead atoms. The molecule has 126 valence electrons. The van der Waals surface area contributed by atoms with Crippen LogP contribution in [-0.2, 0) is 20.8 Å². The van der Waals surface area contributed by atoms with E-state index in [0.717, 1.165) is 5.56 Å². The predicted molar refractivity (Wildman–Crippen MR) is 82.4 cm³/mol. The second-order valence-electron chi connectivity index (χ2n) is 5.14. The van der Waals surface area contributed by atoms with Crippen LogP contribution in [0.3, 0.4) is 0 Å². The first-order valence-electron chi connectivity index (χ1n) is 7.08. The molecular formula is C15H21N3O5. The highest BCUT2D eigenvalue weighted by atomic mass is 16.4. The highest BCUT2D eigenvalue weighted by Crippen LogP contribution is 2.01. The summed E-state index contributed by atoms with van der Waals surface area (Å²) >= 11 is 0. The summed E-state index contributed by atoms with van der Waals surface area (Å²) in [6.45, 7) is 0.825. The van der Waals surface area contributed by atoms with Crippen LogP contribution in [0.4, 0.5) is 0 Å². The Kier molecular flexibility index (Phi) is 7.17. The number of rotatable bonds is 8. The van der Waals surface area contributed by atoms with Crippen LogP contribution in [0.15, 0.2) is 30.3 Å². The molecule has 1 aromatic rings. The quantitative estimate of drug-likeness (QED) is 0.399. The monoisotopic (exact) mass is 323 g/mol. The second-order valence-corrected chi connectivity index (χ2v) is 5.14. The summed E-state index contributed by atoms with van der Waals surface area (Å²) in [5, 5.41) is 22.5. The lowest BCUT2D eigenvalue weighted by Crippen LogP contribution is -2.52. The molecule has 0 heterocycles. The Morgan fingerprint density at radius 2 is 1.83 bits per heavy atom. The van der Waals surface area contributed by atoms with E-state index in [2.05, 4.69) is 10.6 Å². The number of benzene rings is 1. The average Bonchev–Trinajstić information content (AvgIpc) is 2.50. The zero-order valence-electron chi connectivity index (χ0n) is 12.7. The fourth-order valence-electron chi connectivity index (χ4n) is 1.87. The van der Waals surface area contributed by atoms with Gasteiger partial charge in [-0.05, 0) is 18.9 Å². The van der Waals surface area contributed by atoms with Crippen molar-refractivity contribution in [3.8, 4) is 0 Å². The molecule has 23 heavy (non-hydrogen) atoms. The Labute approximate surface area is 133 Å². The Morgan fingerprint density at radius 1 is 1.22 bits per heavy atom. The maximum absolute atomic E-state index is 11.8. The number of carboxylic acids is 1.